The van der Waals surface area contributed by atoms with Crippen molar-refractivity contribution in [3.8, 4) is 0 Å². The SMILES string of the molecule is Cc1nnnn1/C(=C\c1ccccc1)C(=O)OCC(=O)N1CCc2ccccc2C1. The van der Waals surface area contributed by atoms with Crippen molar-refractivity contribution in [3.63, 3.8) is 0 Å². The molecule has 0 bridgehead atoms. The molecule has 152 valence electrons. The van der Waals surface area contributed by atoms with Crippen LogP contribution >= 0.6 is 0 Å². The van der Waals surface area contributed by atoms with Gasteiger partial charge in [-0.05, 0) is 46.5 Å². The van der Waals surface area contributed by atoms with Crippen LogP contribution in [-0.4, -0.2) is 50.1 Å². The zero-order valence-corrected chi connectivity index (χ0v) is 16.6. The van der Waals surface area contributed by atoms with Gasteiger partial charge in [-0.25, -0.2) is 4.79 Å². The number of carbonyl (C=O) groups is 2. The second-order valence-electron chi connectivity index (χ2n) is 6.99. The van der Waals surface area contributed by atoms with Gasteiger partial charge in [0.2, 0.25) is 0 Å². The minimum atomic E-state index is -0.667. The van der Waals surface area contributed by atoms with Crippen LogP contribution in [0.25, 0.3) is 11.8 Å². The summed E-state index contributed by atoms with van der Waals surface area (Å²) in [5, 5.41) is 11.3. The van der Waals surface area contributed by atoms with Gasteiger partial charge in [-0.1, -0.05) is 54.6 Å². The lowest BCUT2D eigenvalue weighted by molar-refractivity contribution is -0.148. The molecule has 0 radical (unpaired) electrons. The van der Waals surface area contributed by atoms with Crippen LogP contribution in [0.2, 0.25) is 0 Å². The second-order valence-corrected chi connectivity index (χ2v) is 6.99. The topological polar surface area (TPSA) is 90.2 Å². The second kappa shape index (κ2) is 8.69. The van der Waals surface area contributed by atoms with E-state index in [1.807, 2.05) is 48.5 Å². The number of ether oxygens (including phenoxy) is 1. The number of tetrazole rings is 1. The Morgan fingerprint density at radius 2 is 1.80 bits per heavy atom. The van der Waals surface area contributed by atoms with Crippen molar-refractivity contribution >= 4 is 23.6 Å². The summed E-state index contributed by atoms with van der Waals surface area (Å²) in [6.45, 7) is 2.47. The van der Waals surface area contributed by atoms with Gasteiger partial charge in [-0.15, -0.1) is 5.10 Å². The molecule has 1 aromatic heterocycles. The Balaban J connectivity index is 1.46. The number of nitrogens with zero attached hydrogens (tertiary/aromatic N) is 5. The summed E-state index contributed by atoms with van der Waals surface area (Å²) < 4.78 is 6.65. The highest BCUT2D eigenvalue weighted by Crippen LogP contribution is 2.19. The molecular weight excluding hydrogens is 382 g/mol. The van der Waals surface area contributed by atoms with Crippen molar-refractivity contribution in [2.24, 2.45) is 0 Å². The minimum absolute atomic E-state index is 0.139. The third kappa shape index (κ3) is 4.27. The molecule has 0 unspecified atom stereocenters. The lowest BCUT2D eigenvalue weighted by atomic mass is 10.00. The molecule has 1 aliphatic heterocycles. The minimum Gasteiger partial charge on any atom is -0.451 e. The average Bonchev–Trinajstić information content (AvgIpc) is 3.21. The van der Waals surface area contributed by atoms with E-state index in [-0.39, 0.29) is 18.2 Å². The molecule has 4 rings (SSSR count). The molecule has 3 aromatic rings. The highest BCUT2D eigenvalue weighted by atomic mass is 16.5. The normalized spacial score (nSPS) is 13.6. The van der Waals surface area contributed by atoms with Crippen LogP contribution in [0.5, 0.6) is 0 Å². The van der Waals surface area contributed by atoms with Gasteiger partial charge in [0, 0.05) is 13.1 Å². The number of esters is 1. The van der Waals surface area contributed by atoms with Gasteiger partial charge in [0.15, 0.2) is 18.1 Å². The van der Waals surface area contributed by atoms with E-state index in [9.17, 15) is 9.59 Å². The summed E-state index contributed by atoms with van der Waals surface area (Å²) in [6, 6.07) is 17.4. The first-order chi connectivity index (χ1) is 14.6. The summed E-state index contributed by atoms with van der Waals surface area (Å²) in [4.78, 5) is 27.1. The molecule has 1 amide bonds. The monoisotopic (exact) mass is 403 g/mol. The van der Waals surface area contributed by atoms with E-state index in [1.54, 1.807) is 17.9 Å². The van der Waals surface area contributed by atoms with Gasteiger partial charge in [0.25, 0.3) is 5.91 Å². The number of benzene rings is 2. The highest BCUT2D eigenvalue weighted by molar-refractivity contribution is 6.15. The largest absolute Gasteiger partial charge is 0.451 e. The number of amides is 1. The molecule has 0 saturated carbocycles. The summed E-state index contributed by atoms with van der Waals surface area (Å²) in [5.41, 5.74) is 3.30. The van der Waals surface area contributed by atoms with Crippen molar-refractivity contribution in [1.29, 1.82) is 0 Å². The van der Waals surface area contributed by atoms with E-state index in [1.165, 1.54) is 10.2 Å². The Morgan fingerprint density at radius 1 is 1.07 bits per heavy atom. The van der Waals surface area contributed by atoms with Gasteiger partial charge in [-0.3, -0.25) is 4.79 Å². The van der Waals surface area contributed by atoms with E-state index in [4.69, 9.17) is 4.74 Å². The smallest absolute Gasteiger partial charge is 0.357 e. The van der Waals surface area contributed by atoms with Crippen molar-refractivity contribution in [3.05, 3.63) is 77.1 Å². The Kier molecular flexibility index (Phi) is 5.65. The molecule has 8 nitrogen and oxygen atoms in total. The van der Waals surface area contributed by atoms with E-state index >= 15 is 0 Å². The molecule has 0 spiro atoms. The third-order valence-electron chi connectivity index (χ3n) is 4.98. The number of hydrogen-bond donors (Lipinski definition) is 0. The van der Waals surface area contributed by atoms with Crippen LogP contribution < -0.4 is 0 Å². The van der Waals surface area contributed by atoms with E-state index in [0.717, 1.165) is 17.5 Å². The predicted molar refractivity (Wildman–Crippen MR) is 110 cm³/mol. The molecule has 0 fully saturated rings. The first kappa shape index (κ1) is 19.5. The Labute approximate surface area is 173 Å². The van der Waals surface area contributed by atoms with E-state index < -0.39 is 5.97 Å². The number of aryl methyl sites for hydroxylation is 1. The van der Waals surface area contributed by atoms with Gasteiger partial charge in [0.1, 0.15) is 0 Å². The number of aromatic nitrogens is 4. The van der Waals surface area contributed by atoms with Crippen LogP contribution in [-0.2, 0) is 27.3 Å². The van der Waals surface area contributed by atoms with Crippen molar-refractivity contribution in [2.45, 2.75) is 19.9 Å². The summed E-state index contributed by atoms with van der Waals surface area (Å²) in [5.74, 6) is -0.460. The average molecular weight is 403 g/mol. The molecule has 2 heterocycles. The molecule has 0 N–H and O–H groups in total. The fraction of sp³-hybridized carbons (Fsp3) is 0.227. The van der Waals surface area contributed by atoms with Crippen LogP contribution in [0.15, 0.2) is 54.6 Å². The van der Waals surface area contributed by atoms with E-state index in [0.29, 0.717) is 18.9 Å². The Bertz CT molecular complexity index is 1090. The highest BCUT2D eigenvalue weighted by Gasteiger charge is 2.23. The van der Waals surface area contributed by atoms with Crippen molar-refractivity contribution in [1.82, 2.24) is 25.1 Å². The number of carbonyl (C=O) groups excluding carboxylic acids is 2. The lowest BCUT2D eigenvalue weighted by Crippen LogP contribution is -2.38. The predicted octanol–water partition coefficient (Wildman–Crippen LogP) is 2.11. The fourth-order valence-electron chi connectivity index (χ4n) is 3.37. The first-order valence-corrected chi connectivity index (χ1v) is 9.65. The van der Waals surface area contributed by atoms with Gasteiger partial charge < -0.3 is 9.64 Å². The molecule has 8 heteroatoms. The van der Waals surface area contributed by atoms with E-state index in [2.05, 4.69) is 21.6 Å². The van der Waals surface area contributed by atoms with Crippen LogP contribution in [0.4, 0.5) is 0 Å². The van der Waals surface area contributed by atoms with Crippen LogP contribution in [0.3, 0.4) is 0 Å². The fourth-order valence-corrected chi connectivity index (χ4v) is 3.37. The molecule has 0 aliphatic carbocycles. The van der Waals surface area contributed by atoms with Crippen molar-refractivity contribution in [2.75, 3.05) is 13.2 Å². The maximum absolute atomic E-state index is 12.8. The number of hydrogen-bond acceptors (Lipinski definition) is 6. The van der Waals surface area contributed by atoms with Crippen molar-refractivity contribution < 1.29 is 14.3 Å². The molecule has 0 saturated heterocycles. The molecule has 1 aliphatic rings. The van der Waals surface area contributed by atoms with Gasteiger partial charge in [-0.2, -0.15) is 4.68 Å². The summed E-state index contributed by atoms with van der Waals surface area (Å²) in [6.07, 6.45) is 2.42. The number of fused-ring (bicyclic) bond motifs is 1. The Hall–Kier alpha value is -3.81. The van der Waals surface area contributed by atoms with Crippen LogP contribution in [0.1, 0.15) is 22.5 Å². The van der Waals surface area contributed by atoms with Gasteiger partial charge >= 0.3 is 5.97 Å². The first-order valence-electron chi connectivity index (χ1n) is 9.65. The standard InChI is InChI=1S/C22H21N5O3/c1-16-23-24-25-27(16)20(13-17-7-3-2-4-8-17)22(29)30-15-21(28)26-12-11-18-9-5-6-10-19(18)14-26/h2-10,13H,11-12,14-15H2,1H3/b20-13-. The molecule has 2 aromatic carbocycles. The molecular formula is C22H21N5O3. The lowest BCUT2D eigenvalue weighted by Gasteiger charge is -2.28. The number of rotatable bonds is 5. The summed E-state index contributed by atoms with van der Waals surface area (Å²) >= 11 is 0. The summed E-state index contributed by atoms with van der Waals surface area (Å²) in [7, 11) is 0. The van der Waals surface area contributed by atoms with Crippen LogP contribution in [0, 0.1) is 6.92 Å². The third-order valence-corrected chi connectivity index (χ3v) is 4.98. The zero-order chi connectivity index (χ0) is 20.9. The maximum Gasteiger partial charge on any atom is 0.357 e. The maximum atomic E-state index is 12.8. The molecule has 30 heavy (non-hydrogen) atoms. The molecule has 0 atom stereocenters. The Morgan fingerprint density at radius 3 is 2.53 bits per heavy atom. The van der Waals surface area contributed by atoms with Gasteiger partial charge in [0.05, 0.1) is 0 Å². The quantitative estimate of drug-likeness (QED) is 0.479. The zero-order valence-electron chi connectivity index (χ0n) is 16.6.